The van der Waals surface area contributed by atoms with Crippen LogP contribution < -0.4 is 10.6 Å². The predicted molar refractivity (Wildman–Crippen MR) is 92.8 cm³/mol. The van der Waals surface area contributed by atoms with Gasteiger partial charge in [-0.05, 0) is 38.3 Å². The van der Waals surface area contributed by atoms with Crippen molar-refractivity contribution in [3.63, 3.8) is 0 Å². The molecule has 0 bridgehead atoms. The first kappa shape index (κ1) is 15.9. The Kier molecular flexibility index (Phi) is 4.01. The van der Waals surface area contributed by atoms with E-state index in [1.54, 1.807) is 0 Å². The minimum absolute atomic E-state index is 0.0119. The van der Waals surface area contributed by atoms with E-state index in [1.165, 1.54) is 5.56 Å². The van der Waals surface area contributed by atoms with E-state index in [2.05, 4.69) is 52.9 Å². The smallest absolute Gasteiger partial charge is 0.315 e. The molecule has 1 aromatic carbocycles. The molecule has 0 aromatic heterocycles. The number of amides is 2. The molecule has 1 spiro atoms. The molecule has 5 nitrogen and oxygen atoms in total. The van der Waals surface area contributed by atoms with Gasteiger partial charge in [0.1, 0.15) is 0 Å². The first-order chi connectivity index (χ1) is 11.6. The summed E-state index contributed by atoms with van der Waals surface area (Å²) in [7, 11) is 2.26. The van der Waals surface area contributed by atoms with E-state index in [4.69, 9.17) is 4.74 Å². The number of benzene rings is 1. The molecular formula is C19H27N3O2. The van der Waals surface area contributed by atoms with Gasteiger partial charge in [0.05, 0.1) is 18.8 Å². The van der Waals surface area contributed by atoms with Gasteiger partial charge in [0.15, 0.2) is 0 Å². The van der Waals surface area contributed by atoms with Crippen LogP contribution in [0.25, 0.3) is 0 Å². The summed E-state index contributed by atoms with van der Waals surface area (Å²) in [4.78, 5) is 14.2. The van der Waals surface area contributed by atoms with Crippen molar-refractivity contribution in [2.75, 3.05) is 33.4 Å². The van der Waals surface area contributed by atoms with Crippen LogP contribution in [0.2, 0.25) is 0 Å². The number of nitrogens with one attached hydrogen (secondary N) is 2. The first-order valence-corrected chi connectivity index (χ1v) is 9.03. The molecule has 2 saturated heterocycles. The Bertz CT molecular complexity index is 592. The van der Waals surface area contributed by atoms with Gasteiger partial charge in [-0.1, -0.05) is 30.3 Å². The average molecular weight is 329 g/mol. The van der Waals surface area contributed by atoms with Crippen LogP contribution in [0, 0.1) is 5.92 Å². The summed E-state index contributed by atoms with van der Waals surface area (Å²) in [5.41, 5.74) is 1.42. The van der Waals surface area contributed by atoms with Gasteiger partial charge >= 0.3 is 6.03 Å². The number of hydrogen-bond donors (Lipinski definition) is 2. The lowest BCUT2D eigenvalue weighted by atomic mass is 9.68. The monoisotopic (exact) mass is 329 g/mol. The van der Waals surface area contributed by atoms with Gasteiger partial charge in [-0.3, -0.25) is 4.90 Å². The van der Waals surface area contributed by atoms with Crippen LogP contribution in [0.3, 0.4) is 0 Å². The van der Waals surface area contributed by atoms with E-state index in [9.17, 15) is 4.79 Å². The summed E-state index contributed by atoms with van der Waals surface area (Å²) in [6.07, 6.45) is 4.18. The minimum atomic E-state index is -0.0458. The lowest BCUT2D eigenvalue weighted by Crippen LogP contribution is -2.56. The van der Waals surface area contributed by atoms with Crippen LogP contribution in [0.4, 0.5) is 4.79 Å². The summed E-state index contributed by atoms with van der Waals surface area (Å²) < 4.78 is 5.37. The molecule has 3 aliphatic rings. The van der Waals surface area contributed by atoms with Gasteiger partial charge in [0.25, 0.3) is 0 Å². The summed E-state index contributed by atoms with van der Waals surface area (Å²) >= 11 is 0. The van der Waals surface area contributed by atoms with Gasteiger partial charge in [0, 0.05) is 24.5 Å². The fraction of sp³-hybridized carbons (Fsp3) is 0.632. The maximum atomic E-state index is 11.6. The fourth-order valence-corrected chi connectivity index (χ4v) is 4.61. The van der Waals surface area contributed by atoms with Gasteiger partial charge < -0.3 is 15.4 Å². The zero-order valence-corrected chi connectivity index (χ0v) is 14.4. The van der Waals surface area contributed by atoms with Crippen LogP contribution in [-0.4, -0.2) is 49.8 Å². The third kappa shape index (κ3) is 2.70. The molecule has 2 N–H and O–H groups in total. The second-order valence-corrected chi connectivity index (χ2v) is 7.77. The second kappa shape index (κ2) is 6.05. The Morgan fingerprint density at radius 1 is 1.17 bits per heavy atom. The highest BCUT2D eigenvalue weighted by atomic mass is 16.5. The molecule has 1 saturated carbocycles. The molecule has 24 heavy (non-hydrogen) atoms. The number of urea groups is 1. The van der Waals surface area contributed by atoms with E-state index in [0.717, 1.165) is 52.0 Å². The van der Waals surface area contributed by atoms with Crippen LogP contribution in [-0.2, 0) is 10.3 Å². The van der Waals surface area contributed by atoms with E-state index < -0.39 is 0 Å². The number of rotatable bonds is 4. The van der Waals surface area contributed by atoms with Crippen molar-refractivity contribution in [1.82, 2.24) is 15.5 Å². The van der Waals surface area contributed by atoms with Crippen molar-refractivity contribution in [3.05, 3.63) is 35.9 Å². The summed E-state index contributed by atoms with van der Waals surface area (Å²) in [6, 6.07) is 10.9. The predicted octanol–water partition coefficient (Wildman–Crippen LogP) is 2.09. The number of ether oxygens (including phenoxy) is 1. The zero-order chi connectivity index (χ0) is 16.6. The quantitative estimate of drug-likeness (QED) is 0.889. The largest absolute Gasteiger partial charge is 0.381 e. The minimum Gasteiger partial charge on any atom is -0.381 e. The third-order valence-corrected chi connectivity index (χ3v) is 6.28. The van der Waals surface area contributed by atoms with Crippen molar-refractivity contribution in [3.8, 4) is 0 Å². The Labute approximate surface area is 143 Å². The van der Waals surface area contributed by atoms with Gasteiger partial charge in [-0.2, -0.15) is 0 Å². The van der Waals surface area contributed by atoms with E-state index in [0.29, 0.717) is 5.92 Å². The van der Waals surface area contributed by atoms with Crippen LogP contribution in [0.15, 0.2) is 30.3 Å². The third-order valence-electron chi connectivity index (χ3n) is 6.28. The maximum Gasteiger partial charge on any atom is 0.315 e. The average Bonchev–Trinajstić information content (AvgIpc) is 2.93. The molecule has 2 amide bonds. The topological polar surface area (TPSA) is 53.6 Å². The Morgan fingerprint density at radius 3 is 2.42 bits per heavy atom. The van der Waals surface area contributed by atoms with E-state index >= 15 is 0 Å². The Morgan fingerprint density at radius 2 is 1.88 bits per heavy atom. The highest BCUT2D eigenvalue weighted by molar-refractivity contribution is 5.77. The second-order valence-electron chi connectivity index (χ2n) is 7.77. The molecule has 4 rings (SSSR count). The lowest BCUT2D eigenvalue weighted by molar-refractivity contribution is -0.0662. The normalized spacial score (nSPS) is 33.3. The van der Waals surface area contributed by atoms with Crippen molar-refractivity contribution in [2.45, 2.75) is 36.8 Å². The number of hydrogen-bond acceptors (Lipinski definition) is 3. The van der Waals surface area contributed by atoms with Gasteiger partial charge in [0.2, 0.25) is 0 Å². The van der Waals surface area contributed by atoms with Crippen molar-refractivity contribution in [2.24, 2.45) is 5.92 Å². The number of nitrogens with zero attached hydrogens (tertiary/aromatic N) is 1. The summed E-state index contributed by atoms with van der Waals surface area (Å²) in [5, 5.41) is 6.12. The Balaban J connectivity index is 1.57. The summed E-state index contributed by atoms with van der Waals surface area (Å²) in [6.45, 7) is 3.61. The van der Waals surface area contributed by atoms with Crippen LogP contribution in [0.5, 0.6) is 0 Å². The number of carbonyl (C=O) groups is 1. The molecule has 2 aliphatic heterocycles. The summed E-state index contributed by atoms with van der Waals surface area (Å²) in [5.74, 6) is 0.652. The molecule has 1 aromatic rings. The molecule has 130 valence electrons. The van der Waals surface area contributed by atoms with Crippen LogP contribution >= 0.6 is 0 Å². The van der Waals surface area contributed by atoms with Crippen LogP contribution in [0.1, 0.15) is 31.2 Å². The highest BCUT2D eigenvalue weighted by Gasteiger charge is 2.48. The van der Waals surface area contributed by atoms with Crippen molar-refractivity contribution >= 4 is 6.03 Å². The zero-order valence-electron chi connectivity index (χ0n) is 14.4. The SMILES string of the molecule is CN(CC1COC1)C1(c2ccccc2)CCC2(CC1)CNC(=O)N2. The first-order valence-electron chi connectivity index (χ1n) is 9.03. The molecule has 0 atom stereocenters. The molecule has 1 aliphatic carbocycles. The molecule has 0 unspecified atom stereocenters. The highest BCUT2D eigenvalue weighted by Crippen LogP contribution is 2.46. The van der Waals surface area contributed by atoms with E-state index in [1.807, 2.05) is 0 Å². The molecule has 0 radical (unpaired) electrons. The fourth-order valence-electron chi connectivity index (χ4n) is 4.61. The molecule has 2 heterocycles. The van der Waals surface area contributed by atoms with Gasteiger partial charge in [-0.25, -0.2) is 4.79 Å². The molecule has 3 fully saturated rings. The standard InChI is InChI=1S/C19H27N3O2/c1-22(11-15-12-24-13-15)19(16-5-3-2-4-6-16)9-7-18(8-10-19)14-20-17(23)21-18/h2-6,15H,7-14H2,1H3,(H2,20,21,23). The van der Waals surface area contributed by atoms with Gasteiger partial charge in [-0.15, -0.1) is 0 Å². The molecular weight excluding hydrogens is 302 g/mol. The lowest BCUT2D eigenvalue weighted by Gasteiger charge is -2.51. The Hall–Kier alpha value is -1.59. The van der Waals surface area contributed by atoms with Crippen molar-refractivity contribution < 1.29 is 9.53 Å². The van der Waals surface area contributed by atoms with Crippen molar-refractivity contribution in [1.29, 1.82) is 0 Å². The van der Waals surface area contributed by atoms with E-state index in [-0.39, 0.29) is 17.1 Å². The maximum absolute atomic E-state index is 11.6. The number of carbonyl (C=O) groups excluding carboxylic acids is 1. The molecule has 5 heteroatoms.